The van der Waals surface area contributed by atoms with Crippen LogP contribution in [-0.4, -0.2) is 38.8 Å². The minimum Gasteiger partial charge on any atom is -0.491 e. The number of hydrogen-bond acceptors (Lipinski definition) is 7. The molecular weight excluding hydrogens is 484 g/mol. The largest absolute Gasteiger partial charge is 0.491 e. The summed E-state index contributed by atoms with van der Waals surface area (Å²) in [4.78, 5) is 3.90. The Hall–Kier alpha value is -2.27. The number of imidazole rings is 1. The molecule has 0 aliphatic carbocycles. The lowest BCUT2D eigenvalue weighted by Crippen LogP contribution is -2.22. The number of hydrogen-bond donors (Lipinski definition) is 1. The predicted molar refractivity (Wildman–Crippen MR) is 117 cm³/mol. The summed E-state index contributed by atoms with van der Waals surface area (Å²) in [5.74, 6) is -0.439. The maximum atomic E-state index is 14.4. The van der Waals surface area contributed by atoms with Crippen LogP contribution in [0.15, 0.2) is 53.7 Å². The summed E-state index contributed by atoms with van der Waals surface area (Å²) in [6.45, 7) is 2.07. The highest BCUT2D eigenvalue weighted by atomic mass is 35.5. The molecule has 0 atom stereocenters. The van der Waals surface area contributed by atoms with E-state index in [1.54, 1.807) is 17.6 Å². The van der Waals surface area contributed by atoms with Crippen molar-refractivity contribution in [1.82, 2.24) is 14.0 Å². The molecule has 0 aliphatic heterocycles. The van der Waals surface area contributed by atoms with E-state index < -0.39 is 23.6 Å². The molecule has 0 saturated heterocycles. The Bertz CT molecular complexity index is 1260. The van der Waals surface area contributed by atoms with Gasteiger partial charge in [-0.1, -0.05) is 11.6 Å². The van der Waals surface area contributed by atoms with Gasteiger partial charge in [-0.2, -0.15) is 0 Å². The molecule has 0 radical (unpaired) electrons. The maximum Gasteiger partial charge on any atom is 0.418 e. The summed E-state index contributed by atoms with van der Waals surface area (Å²) >= 11 is 6.24. The molecule has 1 heterocycles. The summed E-state index contributed by atoms with van der Waals surface area (Å²) in [6.07, 6.45) is 1.43. The molecular formula is C19H20ClFN3O6PS. The van der Waals surface area contributed by atoms with Crippen molar-refractivity contribution in [3.8, 4) is 22.7 Å². The van der Waals surface area contributed by atoms with Crippen LogP contribution in [-0.2, 0) is 23.6 Å². The first-order chi connectivity index (χ1) is 15.1. The van der Waals surface area contributed by atoms with Crippen molar-refractivity contribution in [3.63, 3.8) is 0 Å². The van der Waals surface area contributed by atoms with Gasteiger partial charge < -0.3 is 4.74 Å². The van der Waals surface area contributed by atoms with Crippen molar-refractivity contribution in [1.29, 1.82) is 0 Å². The number of aromatic nitrogens is 2. The number of ether oxygens (including phenoxy) is 1. The Morgan fingerprint density at radius 3 is 2.38 bits per heavy atom. The number of benzene rings is 2. The number of nitrogens with zero attached hydrogens (tertiary/aromatic N) is 2. The van der Waals surface area contributed by atoms with Gasteiger partial charge in [0, 0.05) is 25.5 Å². The Morgan fingerprint density at radius 2 is 1.81 bits per heavy atom. The zero-order chi connectivity index (χ0) is 23.5. The lowest BCUT2D eigenvalue weighted by molar-refractivity contribution is 0.272. The molecule has 0 bridgehead atoms. The van der Waals surface area contributed by atoms with Gasteiger partial charge in [-0.25, -0.2) is 22.4 Å². The van der Waals surface area contributed by atoms with E-state index in [0.717, 1.165) is 14.2 Å². The fourth-order valence-corrected chi connectivity index (χ4v) is 5.92. The molecule has 3 aromatic rings. The van der Waals surface area contributed by atoms with Gasteiger partial charge in [-0.05, 0) is 49.4 Å². The third kappa shape index (κ3) is 5.03. The fourth-order valence-electron chi connectivity index (χ4n) is 2.84. The normalized spacial score (nSPS) is 12.2. The Morgan fingerprint density at radius 1 is 1.16 bits per heavy atom. The van der Waals surface area contributed by atoms with Crippen LogP contribution in [0.1, 0.15) is 6.92 Å². The second-order valence-corrected chi connectivity index (χ2v) is 10.6. The van der Waals surface area contributed by atoms with Gasteiger partial charge in [0.1, 0.15) is 6.33 Å². The molecule has 0 spiro atoms. The smallest absolute Gasteiger partial charge is 0.418 e. The molecule has 1 N–H and O–H groups in total. The monoisotopic (exact) mass is 503 g/mol. The number of rotatable bonds is 9. The molecule has 0 aliphatic rings. The van der Waals surface area contributed by atoms with E-state index in [1.165, 1.54) is 42.7 Å². The lowest BCUT2D eigenvalue weighted by atomic mass is 10.1. The van der Waals surface area contributed by atoms with E-state index >= 15 is 0 Å². The molecule has 0 amide bonds. The van der Waals surface area contributed by atoms with Crippen LogP contribution in [0.2, 0.25) is 5.15 Å². The summed E-state index contributed by atoms with van der Waals surface area (Å²) in [5.41, 5.74) is 1.37. The quantitative estimate of drug-likeness (QED) is 0.431. The molecule has 9 nitrogen and oxygen atoms in total. The fraction of sp³-hybridized carbons (Fsp3) is 0.211. The first-order valence-electron chi connectivity index (χ1n) is 9.15. The third-order valence-electron chi connectivity index (χ3n) is 4.37. The van der Waals surface area contributed by atoms with E-state index in [2.05, 4.69) is 14.0 Å². The van der Waals surface area contributed by atoms with Gasteiger partial charge in [-0.15, -0.1) is 4.49 Å². The van der Waals surface area contributed by atoms with Gasteiger partial charge in [0.2, 0.25) is 10.0 Å². The van der Waals surface area contributed by atoms with Crippen molar-refractivity contribution in [3.05, 3.63) is 59.8 Å². The maximum absolute atomic E-state index is 14.4. The molecule has 0 fully saturated rings. The minimum atomic E-state index is -4.19. The van der Waals surface area contributed by atoms with E-state index in [1.807, 2.05) is 4.49 Å². The second-order valence-electron chi connectivity index (χ2n) is 6.28. The van der Waals surface area contributed by atoms with Crippen LogP contribution in [0.4, 0.5) is 4.39 Å². The SMILES string of the molecule is CCOc1ccc(-c2c(Cl)ncn2-c2ccc(S(=O)(=O)NP(=O)(OC)OC)cc2)cc1F. The van der Waals surface area contributed by atoms with Gasteiger partial charge >= 0.3 is 7.75 Å². The molecule has 172 valence electrons. The first kappa shape index (κ1) is 24.4. The van der Waals surface area contributed by atoms with Crippen molar-refractivity contribution >= 4 is 29.4 Å². The average Bonchev–Trinajstić information content (AvgIpc) is 3.16. The van der Waals surface area contributed by atoms with E-state index in [9.17, 15) is 17.4 Å². The van der Waals surface area contributed by atoms with Crippen molar-refractivity contribution in [2.24, 2.45) is 0 Å². The van der Waals surface area contributed by atoms with Crippen LogP contribution >= 0.6 is 19.3 Å². The van der Waals surface area contributed by atoms with Gasteiger partial charge in [0.15, 0.2) is 16.7 Å². The average molecular weight is 504 g/mol. The van der Waals surface area contributed by atoms with Gasteiger partial charge in [0.25, 0.3) is 0 Å². The molecule has 3 rings (SSSR count). The molecule has 1 aromatic heterocycles. The number of halogens is 2. The standard InChI is InChI=1S/C19H20ClFN3O6PS/c1-4-30-17-10-5-13(11-16(17)21)18-19(20)22-12-24(18)14-6-8-15(9-7-14)32(26,27)23-31(25,28-2)29-3/h5-12H,4H2,1-3H3,(H,23,25). The first-order valence-corrected chi connectivity index (χ1v) is 12.6. The van der Waals surface area contributed by atoms with E-state index in [-0.39, 0.29) is 15.8 Å². The topological polar surface area (TPSA) is 109 Å². The van der Waals surface area contributed by atoms with Crippen LogP contribution < -0.4 is 9.23 Å². The van der Waals surface area contributed by atoms with Crippen LogP contribution in [0.5, 0.6) is 5.75 Å². The van der Waals surface area contributed by atoms with Crippen LogP contribution in [0, 0.1) is 5.82 Å². The Balaban J connectivity index is 1.96. The second kappa shape index (κ2) is 9.70. The summed E-state index contributed by atoms with van der Waals surface area (Å²) in [5, 5.41) is 0.132. The number of nitrogens with one attached hydrogen (secondary N) is 1. The highest BCUT2D eigenvalue weighted by Crippen LogP contribution is 2.43. The summed E-state index contributed by atoms with van der Waals surface area (Å²) in [6, 6.07) is 9.99. The Kier molecular flexibility index (Phi) is 7.39. The highest BCUT2D eigenvalue weighted by Gasteiger charge is 2.30. The molecule has 0 saturated carbocycles. The summed E-state index contributed by atoms with van der Waals surface area (Å²) < 4.78 is 69.4. The van der Waals surface area contributed by atoms with Crippen molar-refractivity contribution < 1.29 is 31.2 Å². The minimum absolute atomic E-state index is 0.116. The molecule has 0 unspecified atom stereocenters. The van der Waals surface area contributed by atoms with Gasteiger partial charge in [-0.3, -0.25) is 13.6 Å². The van der Waals surface area contributed by atoms with E-state index in [0.29, 0.717) is 23.6 Å². The van der Waals surface area contributed by atoms with Crippen molar-refractivity contribution in [2.45, 2.75) is 11.8 Å². The predicted octanol–water partition coefficient (Wildman–Crippen LogP) is 4.41. The van der Waals surface area contributed by atoms with E-state index in [4.69, 9.17) is 16.3 Å². The highest BCUT2D eigenvalue weighted by molar-refractivity contribution is 7.94. The zero-order valence-corrected chi connectivity index (χ0v) is 19.7. The molecule has 2 aromatic carbocycles. The number of sulfonamides is 1. The van der Waals surface area contributed by atoms with Crippen LogP contribution in [0.3, 0.4) is 0 Å². The molecule has 13 heteroatoms. The Labute approximate surface area is 189 Å². The third-order valence-corrected chi connectivity index (χ3v) is 8.35. The van der Waals surface area contributed by atoms with Crippen molar-refractivity contribution in [2.75, 3.05) is 20.8 Å². The van der Waals surface area contributed by atoms with Crippen LogP contribution in [0.25, 0.3) is 16.9 Å². The lowest BCUT2D eigenvalue weighted by Gasteiger charge is -2.15. The molecule has 32 heavy (non-hydrogen) atoms. The zero-order valence-electron chi connectivity index (χ0n) is 17.3. The van der Waals surface area contributed by atoms with Gasteiger partial charge in [0.05, 0.1) is 17.2 Å². The summed E-state index contributed by atoms with van der Waals surface area (Å²) in [7, 11) is -6.09.